The van der Waals surface area contributed by atoms with E-state index in [4.69, 9.17) is 19.6 Å². The van der Waals surface area contributed by atoms with Crippen molar-refractivity contribution in [2.24, 2.45) is 0 Å². The zero-order valence-electron chi connectivity index (χ0n) is 15.6. The molecule has 5 nitrogen and oxygen atoms in total. The molecular weight excluding hydrogens is 406 g/mol. The van der Waals surface area contributed by atoms with Gasteiger partial charge in [0.2, 0.25) is 0 Å². The Kier molecular flexibility index (Phi) is 6.08. The SMILES string of the molecule is C=CCOC(C)c1nc(-c2ccc(Br)c(C)c2)nn1-c1cccc(OC)c1. The van der Waals surface area contributed by atoms with Gasteiger partial charge in [0.1, 0.15) is 11.9 Å². The van der Waals surface area contributed by atoms with Crippen molar-refractivity contribution < 1.29 is 9.47 Å². The molecule has 0 aliphatic carbocycles. The molecule has 3 rings (SSSR count). The summed E-state index contributed by atoms with van der Waals surface area (Å²) in [5.41, 5.74) is 2.95. The summed E-state index contributed by atoms with van der Waals surface area (Å²) in [6.45, 7) is 8.16. The molecule has 6 heteroatoms. The maximum atomic E-state index is 5.81. The second-order valence-corrected chi connectivity index (χ2v) is 6.99. The van der Waals surface area contributed by atoms with Gasteiger partial charge in [0.05, 0.1) is 19.4 Å². The van der Waals surface area contributed by atoms with Crippen LogP contribution in [0.3, 0.4) is 0 Å². The quantitative estimate of drug-likeness (QED) is 0.481. The number of aromatic nitrogens is 3. The summed E-state index contributed by atoms with van der Waals surface area (Å²) >= 11 is 3.54. The van der Waals surface area contributed by atoms with Gasteiger partial charge in [-0.1, -0.05) is 28.1 Å². The third kappa shape index (κ3) is 4.28. The zero-order chi connectivity index (χ0) is 19.4. The van der Waals surface area contributed by atoms with Crippen LogP contribution in [-0.2, 0) is 4.74 Å². The van der Waals surface area contributed by atoms with Gasteiger partial charge in [0, 0.05) is 16.1 Å². The van der Waals surface area contributed by atoms with Gasteiger partial charge in [-0.2, -0.15) is 0 Å². The fraction of sp³-hybridized carbons (Fsp3) is 0.238. The van der Waals surface area contributed by atoms with Crippen molar-refractivity contribution >= 4 is 15.9 Å². The van der Waals surface area contributed by atoms with Crippen LogP contribution in [0.15, 0.2) is 59.6 Å². The largest absolute Gasteiger partial charge is 0.497 e. The number of rotatable bonds is 7. The van der Waals surface area contributed by atoms with Crippen molar-refractivity contribution in [1.29, 1.82) is 0 Å². The predicted octanol–water partition coefficient (Wildman–Crippen LogP) is 5.28. The summed E-state index contributed by atoms with van der Waals surface area (Å²) < 4.78 is 14.0. The third-order valence-electron chi connectivity index (χ3n) is 4.17. The van der Waals surface area contributed by atoms with Crippen molar-refractivity contribution in [1.82, 2.24) is 14.8 Å². The highest BCUT2D eigenvalue weighted by atomic mass is 79.9. The first-order chi connectivity index (χ1) is 13.0. The molecule has 27 heavy (non-hydrogen) atoms. The molecule has 1 aromatic heterocycles. The highest BCUT2D eigenvalue weighted by Gasteiger charge is 2.19. The third-order valence-corrected chi connectivity index (χ3v) is 5.06. The molecule has 0 amide bonds. The smallest absolute Gasteiger partial charge is 0.181 e. The number of ether oxygens (including phenoxy) is 2. The van der Waals surface area contributed by atoms with Gasteiger partial charge < -0.3 is 9.47 Å². The summed E-state index contributed by atoms with van der Waals surface area (Å²) in [7, 11) is 1.65. The number of halogens is 1. The Bertz CT molecular complexity index is 952. The van der Waals surface area contributed by atoms with Crippen LogP contribution in [0.5, 0.6) is 5.75 Å². The molecule has 0 spiro atoms. The minimum absolute atomic E-state index is 0.244. The van der Waals surface area contributed by atoms with Gasteiger partial charge in [0.15, 0.2) is 11.6 Å². The van der Waals surface area contributed by atoms with E-state index in [-0.39, 0.29) is 6.10 Å². The molecule has 0 radical (unpaired) electrons. The van der Waals surface area contributed by atoms with Crippen LogP contribution in [-0.4, -0.2) is 28.5 Å². The molecule has 1 unspecified atom stereocenters. The van der Waals surface area contributed by atoms with Gasteiger partial charge in [-0.15, -0.1) is 11.7 Å². The van der Waals surface area contributed by atoms with Crippen LogP contribution in [0.4, 0.5) is 0 Å². The van der Waals surface area contributed by atoms with Gasteiger partial charge in [-0.3, -0.25) is 0 Å². The van der Waals surface area contributed by atoms with Crippen LogP contribution in [0.1, 0.15) is 24.4 Å². The van der Waals surface area contributed by atoms with E-state index in [1.165, 1.54) is 0 Å². The molecule has 0 bridgehead atoms. The molecular formula is C21H22BrN3O2. The standard InChI is InChI=1S/C21H22BrN3O2/c1-5-11-27-15(3)21-23-20(16-9-10-19(22)14(2)12-16)24-25(21)17-7-6-8-18(13-17)26-4/h5-10,12-13,15H,1,11H2,2-4H3. The molecule has 0 aliphatic heterocycles. The lowest BCUT2D eigenvalue weighted by molar-refractivity contribution is 0.0805. The van der Waals surface area contributed by atoms with Crippen molar-refractivity contribution in [2.75, 3.05) is 13.7 Å². The van der Waals surface area contributed by atoms with E-state index < -0.39 is 0 Å². The lowest BCUT2D eigenvalue weighted by Crippen LogP contribution is -2.09. The average Bonchev–Trinajstić information content (AvgIpc) is 3.14. The molecule has 0 saturated carbocycles. The molecule has 3 aromatic rings. The first kappa shape index (κ1) is 19.3. The van der Waals surface area contributed by atoms with Crippen LogP contribution in [0, 0.1) is 6.92 Å². The van der Waals surface area contributed by atoms with Gasteiger partial charge in [-0.25, -0.2) is 9.67 Å². The Balaban J connectivity index is 2.10. The number of aryl methyl sites for hydroxylation is 1. The van der Waals surface area contributed by atoms with Crippen LogP contribution < -0.4 is 4.74 Å². The average molecular weight is 428 g/mol. The number of benzene rings is 2. The van der Waals surface area contributed by atoms with E-state index in [1.54, 1.807) is 13.2 Å². The molecule has 0 N–H and O–H groups in total. The molecule has 140 valence electrons. The maximum Gasteiger partial charge on any atom is 0.181 e. The van der Waals surface area contributed by atoms with Crippen LogP contribution in [0.25, 0.3) is 17.1 Å². The monoisotopic (exact) mass is 427 g/mol. The Hall–Kier alpha value is -2.44. The highest BCUT2D eigenvalue weighted by molar-refractivity contribution is 9.10. The van der Waals surface area contributed by atoms with E-state index in [0.29, 0.717) is 12.4 Å². The minimum atomic E-state index is -0.244. The number of hydrogen-bond donors (Lipinski definition) is 0. The number of hydrogen-bond acceptors (Lipinski definition) is 4. The Morgan fingerprint density at radius 3 is 2.78 bits per heavy atom. The van der Waals surface area contributed by atoms with Crippen molar-refractivity contribution in [3.8, 4) is 22.8 Å². The van der Waals surface area contributed by atoms with Crippen molar-refractivity contribution in [3.05, 3.63) is 71.0 Å². The summed E-state index contributed by atoms with van der Waals surface area (Å²) in [5, 5.41) is 4.75. The fourth-order valence-corrected chi connectivity index (χ4v) is 2.96. The van der Waals surface area contributed by atoms with E-state index in [2.05, 4.69) is 28.6 Å². The topological polar surface area (TPSA) is 49.2 Å². The van der Waals surface area contributed by atoms with Crippen LogP contribution in [0.2, 0.25) is 0 Å². The number of methoxy groups -OCH3 is 1. The van der Waals surface area contributed by atoms with Crippen molar-refractivity contribution in [3.63, 3.8) is 0 Å². The number of nitrogens with zero attached hydrogens (tertiary/aromatic N) is 3. The van der Waals surface area contributed by atoms with Gasteiger partial charge in [0.25, 0.3) is 0 Å². The second kappa shape index (κ2) is 8.50. The lowest BCUT2D eigenvalue weighted by atomic mass is 10.1. The Morgan fingerprint density at radius 1 is 1.26 bits per heavy atom. The first-order valence-electron chi connectivity index (χ1n) is 8.64. The van der Waals surface area contributed by atoms with Crippen molar-refractivity contribution in [2.45, 2.75) is 20.0 Å². The summed E-state index contributed by atoms with van der Waals surface area (Å²) in [6, 6.07) is 13.8. The van der Waals surface area contributed by atoms with Gasteiger partial charge in [-0.05, 0) is 49.7 Å². The molecule has 1 heterocycles. The summed E-state index contributed by atoms with van der Waals surface area (Å²) in [5.74, 6) is 2.13. The maximum absolute atomic E-state index is 5.81. The molecule has 0 aliphatic rings. The Morgan fingerprint density at radius 2 is 2.07 bits per heavy atom. The summed E-state index contributed by atoms with van der Waals surface area (Å²) in [4.78, 5) is 4.77. The predicted molar refractivity (Wildman–Crippen MR) is 110 cm³/mol. The van der Waals surface area contributed by atoms with E-state index >= 15 is 0 Å². The van der Waals surface area contributed by atoms with Gasteiger partial charge >= 0.3 is 0 Å². The Labute approximate surface area is 167 Å². The molecule has 2 aromatic carbocycles. The van der Waals surface area contributed by atoms with E-state index in [9.17, 15) is 0 Å². The zero-order valence-corrected chi connectivity index (χ0v) is 17.2. The highest BCUT2D eigenvalue weighted by Crippen LogP contribution is 2.27. The normalized spacial score (nSPS) is 12.0. The fourth-order valence-electron chi connectivity index (χ4n) is 2.71. The second-order valence-electron chi connectivity index (χ2n) is 6.14. The molecule has 0 fully saturated rings. The van der Waals surface area contributed by atoms with Crippen LogP contribution >= 0.6 is 15.9 Å². The lowest BCUT2D eigenvalue weighted by Gasteiger charge is -2.13. The van der Waals surface area contributed by atoms with E-state index in [1.807, 2.05) is 54.9 Å². The molecule has 1 atom stereocenters. The minimum Gasteiger partial charge on any atom is -0.497 e. The summed E-state index contributed by atoms with van der Waals surface area (Å²) in [6.07, 6.45) is 1.48. The van der Waals surface area contributed by atoms with E-state index in [0.717, 1.165) is 32.9 Å². The first-order valence-corrected chi connectivity index (χ1v) is 9.43. The molecule has 0 saturated heterocycles.